The largest absolute Gasteiger partial charge is 0.490 e. The first-order chi connectivity index (χ1) is 12.2. The van der Waals surface area contributed by atoms with Gasteiger partial charge in [0.15, 0.2) is 5.01 Å². The fraction of sp³-hybridized carbons (Fsp3) is 0.312. The van der Waals surface area contributed by atoms with E-state index in [-0.39, 0.29) is 18.0 Å². The van der Waals surface area contributed by atoms with Crippen LogP contribution >= 0.6 is 11.3 Å². The Kier molecular flexibility index (Phi) is 6.32. The van der Waals surface area contributed by atoms with Gasteiger partial charge in [-0.15, -0.1) is 11.3 Å². The van der Waals surface area contributed by atoms with Crippen molar-refractivity contribution in [2.45, 2.75) is 31.1 Å². The average Bonchev–Trinajstić information content (AvgIpc) is 3.04. The molecule has 0 saturated heterocycles. The van der Waals surface area contributed by atoms with Crippen molar-refractivity contribution in [3.8, 4) is 10.4 Å². The van der Waals surface area contributed by atoms with Crippen LogP contribution in [-0.2, 0) is 4.79 Å². The molecule has 1 aromatic heterocycles. The third kappa shape index (κ3) is 5.53. The first-order valence-corrected chi connectivity index (χ1v) is 8.36. The lowest BCUT2D eigenvalue weighted by Gasteiger charge is -2.32. The minimum Gasteiger partial charge on any atom is -0.475 e. The van der Waals surface area contributed by atoms with Gasteiger partial charge in [0.25, 0.3) is 5.91 Å². The number of thiazole rings is 1. The van der Waals surface area contributed by atoms with Gasteiger partial charge in [-0.25, -0.2) is 9.78 Å². The van der Waals surface area contributed by atoms with Crippen LogP contribution in [0.15, 0.2) is 36.5 Å². The van der Waals surface area contributed by atoms with Crippen LogP contribution in [0.3, 0.4) is 0 Å². The molecule has 1 aliphatic carbocycles. The summed E-state index contributed by atoms with van der Waals surface area (Å²) in [5, 5.41) is 10.6. The van der Waals surface area contributed by atoms with E-state index < -0.39 is 12.1 Å². The average molecular weight is 387 g/mol. The third-order valence-corrected chi connectivity index (χ3v) is 4.56. The predicted octanol–water partition coefficient (Wildman–Crippen LogP) is 2.66. The Hall–Kier alpha value is -2.46. The van der Waals surface area contributed by atoms with E-state index in [0.717, 1.165) is 23.3 Å². The van der Waals surface area contributed by atoms with Gasteiger partial charge in [0.05, 0.1) is 4.88 Å². The van der Waals surface area contributed by atoms with Crippen LogP contribution in [0, 0.1) is 0 Å². The molecule has 0 radical (unpaired) electrons. The topological polar surface area (TPSA) is 105 Å². The Morgan fingerprint density at radius 1 is 1.23 bits per heavy atom. The minimum absolute atomic E-state index is 0.0934. The number of nitrogens with two attached hydrogens (primary N) is 1. The number of alkyl halides is 3. The van der Waals surface area contributed by atoms with Crippen molar-refractivity contribution in [1.82, 2.24) is 10.3 Å². The summed E-state index contributed by atoms with van der Waals surface area (Å²) in [4.78, 5) is 26.1. The molecule has 26 heavy (non-hydrogen) atoms. The number of carbonyl (C=O) groups is 2. The molecule has 0 atom stereocenters. The summed E-state index contributed by atoms with van der Waals surface area (Å²) < 4.78 is 31.7. The lowest BCUT2D eigenvalue weighted by atomic mass is 9.88. The highest BCUT2D eigenvalue weighted by Crippen LogP contribution is 2.26. The van der Waals surface area contributed by atoms with E-state index in [1.165, 1.54) is 11.3 Å². The van der Waals surface area contributed by atoms with Gasteiger partial charge < -0.3 is 16.2 Å². The van der Waals surface area contributed by atoms with E-state index in [1.54, 1.807) is 6.20 Å². The van der Waals surface area contributed by atoms with Crippen LogP contribution < -0.4 is 11.1 Å². The van der Waals surface area contributed by atoms with Gasteiger partial charge in [-0.05, 0) is 18.4 Å². The Labute approximate surface area is 150 Å². The number of aromatic nitrogens is 1. The summed E-state index contributed by atoms with van der Waals surface area (Å²) in [5.41, 5.74) is 6.79. The Morgan fingerprint density at radius 3 is 2.31 bits per heavy atom. The summed E-state index contributed by atoms with van der Waals surface area (Å²) in [6.45, 7) is 0. The number of hydrogen-bond acceptors (Lipinski definition) is 5. The smallest absolute Gasteiger partial charge is 0.475 e. The van der Waals surface area contributed by atoms with Gasteiger partial charge in [-0.1, -0.05) is 30.3 Å². The molecule has 0 spiro atoms. The molecule has 4 N–H and O–H groups in total. The quantitative estimate of drug-likeness (QED) is 0.751. The number of aliphatic carboxylic acids is 1. The SMILES string of the molecule is N[C@H]1C[C@H](NC(=O)c2ncc(-c3ccccc3)s2)C1.O=C(O)C(F)(F)F. The number of rotatable bonds is 3. The van der Waals surface area contributed by atoms with Crippen molar-refractivity contribution < 1.29 is 27.9 Å². The number of hydrogen-bond donors (Lipinski definition) is 3. The molecule has 1 amide bonds. The number of nitrogens with zero attached hydrogens (tertiary/aromatic N) is 1. The monoisotopic (exact) mass is 387 g/mol. The first kappa shape index (κ1) is 19.9. The molecule has 1 saturated carbocycles. The molecule has 0 bridgehead atoms. The first-order valence-electron chi connectivity index (χ1n) is 7.54. The number of carboxylic acid groups (broad SMARTS) is 1. The second-order valence-electron chi connectivity index (χ2n) is 5.60. The van der Waals surface area contributed by atoms with Crippen LogP contribution in [-0.4, -0.2) is 40.2 Å². The van der Waals surface area contributed by atoms with Gasteiger partial charge in [0.1, 0.15) is 0 Å². The molecule has 1 heterocycles. The lowest BCUT2D eigenvalue weighted by molar-refractivity contribution is -0.192. The van der Waals surface area contributed by atoms with Crippen LogP contribution in [0.4, 0.5) is 13.2 Å². The fourth-order valence-corrected chi connectivity index (χ4v) is 2.97. The van der Waals surface area contributed by atoms with Crippen molar-refractivity contribution >= 4 is 23.2 Å². The standard InChI is InChI=1S/C14H15N3OS.C2HF3O2/c15-10-6-11(7-10)17-13(18)14-16-8-12(19-14)9-4-2-1-3-5-9;3-2(4,5)1(6)7/h1-5,8,10-11H,6-7,15H2,(H,17,18);(H,6,7)/t10-,11-;. The van der Waals surface area contributed by atoms with E-state index in [1.807, 2.05) is 30.3 Å². The summed E-state index contributed by atoms with van der Waals surface area (Å²) in [6.07, 6.45) is -1.60. The zero-order valence-electron chi connectivity index (χ0n) is 13.4. The molecule has 140 valence electrons. The second kappa shape index (κ2) is 8.28. The third-order valence-electron chi connectivity index (χ3n) is 3.51. The Balaban J connectivity index is 0.000000298. The number of benzene rings is 1. The predicted molar refractivity (Wildman–Crippen MR) is 89.7 cm³/mol. The van der Waals surface area contributed by atoms with Gasteiger partial charge >= 0.3 is 12.1 Å². The highest BCUT2D eigenvalue weighted by Gasteiger charge is 2.38. The van der Waals surface area contributed by atoms with Crippen LogP contribution in [0.25, 0.3) is 10.4 Å². The van der Waals surface area contributed by atoms with E-state index in [4.69, 9.17) is 15.6 Å². The van der Waals surface area contributed by atoms with Crippen LogP contribution in [0.5, 0.6) is 0 Å². The number of carbonyl (C=O) groups excluding carboxylic acids is 1. The van der Waals surface area contributed by atoms with E-state index >= 15 is 0 Å². The molecular weight excluding hydrogens is 371 g/mol. The molecule has 0 unspecified atom stereocenters. The van der Waals surface area contributed by atoms with Crippen molar-refractivity contribution in [1.29, 1.82) is 0 Å². The molecule has 0 aliphatic heterocycles. The minimum atomic E-state index is -5.08. The molecule has 1 fully saturated rings. The number of carboxylic acids is 1. The molecular formula is C16H16F3N3O3S. The van der Waals surface area contributed by atoms with Crippen LogP contribution in [0.2, 0.25) is 0 Å². The summed E-state index contributed by atoms with van der Waals surface area (Å²) in [5.74, 6) is -2.85. The van der Waals surface area contributed by atoms with Crippen molar-refractivity contribution in [3.63, 3.8) is 0 Å². The molecule has 10 heteroatoms. The zero-order valence-corrected chi connectivity index (χ0v) is 14.2. The summed E-state index contributed by atoms with van der Waals surface area (Å²) in [7, 11) is 0. The van der Waals surface area contributed by atoms with Gasteiger partial charge in [-0.2, -0.15) is 13.2 Å². The van der Waals surface area contributed by atoms with Crippen molar-refractivity contribution in [2.75, 3.05) is 0 Å². The molecule has 3 rings (SSSR count). The van der Waals surface area contributed by atoms with Crippen molar-refractivity contribution in [3.05, 3.63) is 41.5 Å². The van der Waals surface area contributed by atoms with E-state index in [2.05, 4.69) is 10.3 Å². The van der Waals surface area contributed by atoms with Gasteiger partial charge in [0.2, 0.25) is 0 Å². The fourth-order valence-electron chi connectivity index (χ4n) is 2.14. The molecule has 2 aromatic rings. The molecule has 1 aliphatic rings. The maximum Gasteiger partial charge on any atom is 0.490 e. The molecule has 6 nitrogen and oxygen atoms in total. The molecule has 1 aromatic carbocycles. The maximum atomic E-state index is 12.0. The summed E-state index contributed by atoms with van der Waals surface area (Å²) >= 11 is 1.42. The second-order valence-corrected chi connectivity index (χ2v) is 6.63. The zero-order chi connectivity index (χ0) is 19.3. The van der Waals surface area contributed by atoms with Crippen LogP contribution in [0.1, 0.15) is 22.6 Å². The maximum absolute atomic E-state index is 12.0. The van der Waals surface area contributed by atoms with E-state index in [9.17, 15) is 18.0 Å². The van der Waals surface area contributed by atoms with Gasteiger partial charge in [0, 0.05) is 18.3 Å². The van der Waals surface area contributed by atoms with Crippen molar-refractivity contribution in [2.24, 2.45) is 5.73 Å². The Morgan fingerprint density at radius 2 is 1.81 bits per heavy atom. The summed E-state index contributed by atoms with van der Waals surface area (Å²) in [6, 6.07) is 10.4. The lowest BCUT2D eigenvalue weighted by Crippen LogP contribution is -2.50. The highest BCUT2D eigenvalue weighted by atomic mass is 32.1. The number of halogens is 3. The number of amides is 1. The normalized spacial score (nSPS) is 18.9. The highest BCUT2D eigenvalue weighted by molar-refractivity contribution is 7.16. The Bertz CT molecular complexity index is 759. The van der Waals surface area contributed by atoms with Gasteiger partial charge in [-0.3, -0.25) is 4.79 Å². The van der Waals surface area contributed by atoms with E-state index in [0.29, 0.717) is 5.01 Å². The number of nitrogens with one attached hydrogen (secondary N) is 1.